The Labute approximate surface area is 175 Å². The Morgan fingerprint density at radius 3 is 1.14 bits per heavy atom. The molecule has 146 valence electrons. The molecule has 2 amide bonds. The average Bonchev–Trinajstić information content (AvgIpc) is 2.60. The zero-order valence-corrected chi connectivity index (χ0v) is 16.2. The second kappa shape index (κ2) is 8.57. The monoisotopic (exact) mass is 466 g/mol. The Hall–Kier alpha value is -2.66. The molecule has 0 fully saturated rings. The first kappa shape index (κ1) is 21.6. The van der Waals surface area contributed by atoms with Crippen molar-refractivity contribution in [2.45, 2.75) is 0 Å². The summed E-state index contributed by atoms with van der Waals surface area (Å²) in [4.78, 5) is 44.2. The van der Waals surface area contributed by atoms with E-state index in [1.807, 2.05) is 0 Å². The van der Waals surface area contributed by atoms with Crippen molar-refractivity contribution in [2.24, 2.45) is 0 Å². The Morgan fingerprint density at radius 2 is 0.929 bits per heavy atom. The van der Waals surface area contributed by atoms with Crippen LogP contribution in [0.1, 0.15) is 0 Å². The van der Waals surface area contributed by atoms with E-state index in [2.05, 4.69) is 10.6 Å². The maximum atomic E-state index is 12.1. The first-order valence-electron chi connectivity index (χ1n) is 6.90. The molecule has 2 aromatic rings. The van der Waals surface area contributed by atoms with Gasteiger partial charge in [-0.1, -0.05) is 46.4 Å². The number of nitro groups is 2. The van der Waals surface area contributed by atoms with E-state index < -0.39 is 33.0 Å². The van der Waals surface area contributed by atoms with Crippen LogP contribution in [0.15, 0.2) is 24.3 Å². The fourth-order valence-corrected chi connectivity index (χ4v) is 3.05. The second-order valence-corrected chi connectivity index (χ2v) is 6.62. The maximum absolute atomic E-state index is 12.1. The van der Waals surface area contributed by atoms with Crippen LogP contribution < -0.4 is 10.6 Å². The number of nitrogens with zero attached hydrogens (tertiary/aromatic N) is 2. The molecule has 2 aromatic carbocycles. The smallest absolute Gasteiger partial charge is 0.314 e. The normalized spacial score (nSPS) is 10.3. The molecule has 2 N–H and O–H groups in total. The lowest BCUT2D eigenvalue weighted by atomic mass is 10.2. The number of nitro benzene ring substituents is 2. The molecule has 0 aliphatic rings. The minimum absolute atomic E-state index is 0.227. The van der Waals surface area contributed by atoms with E-state index in [1.165, 1.54) is 0 Å². The van der Waals surface area contributed by atoms with Gasteiger partial charge in [0.1, 0.15) is 0 Å². The Balaban J connectivity index is 2.22. The first-order chi connectivity index (χ1) is 13.0. The Bertz CT molecular complexity index is 901. The van der Waals surface area contributed by atoms with Crippen LogP contribution in [0.4, 0.5) is 22.7 Å². The van der Waals surface area contributed by atoms with Crippen molar-refractivity contribution < 1.29 is 19.4 Å². The van der Waals surface area contributed by atoms with Gasteiger partial charge in [0.25, 0.3) is 11.4 Å². The zero-order valence-electron chi connectivity index (χ0n) is 13.2. The van der Waals surface area contributed by atoms with Gasteiger partial charge < -0.3 is 10.6 Å². The molecule has 0 aliphatic heterocycles. The van der Waals surface area contributed by atoms with Crippen molar-refractivity contribution >= 4 is 81.0 Å². The number of carbonyl (C=O) groups excluding carboxylic acids is 2. The molecular weight excluding hydrogens is 462 g/mol. The standard InChI is InChI=1S/C14H6Cl4N4O6/c15-7-1-5(21(25)26)2-8(16)11(7)19-13(23)14(24)20-12-9(17)3-6(22(27)28)4-10(12)18/h1-4H,(H,19,23)(H,20,24). The van der Waals surface area contributed by atoms with Crippen molar-refractivity contribution in [1.82, 2.24) is 0 Å². The lowest BCUT2D eigenvalue weighted by Gasteiger charge is -2.11. The second-order valence-electron chi connectivity index (χ2n) is 4.99. The van der Waals surface area contributed by atoms with E-state index >= 15 is 0 Å². The minimum Gasteiger partial charge on any atom is -0.315 e. The lowest BCUT2D eigenvalue weighted by molar-refractivity contribution is -0.385. The Morgan fingerprint density at radius 1 is 0.679 bits per heavy atom. The number of halogens is 4. The van der Waals surface area contributed by atoms with Gasteiger partial charge in [0.2, 0.25) is 0 Å². The van der Waals surface area contributed by atoms with Crippen molar-refractivity contribution in [3.8, 4) is 0 Å². The molecule has 0 aliphatic carbocycles. The predicted molar refractivity (Wildman–Crippen MR) is 103 cm³/mol. The number of carbonyl (C=O) groups is 2. The molecule has 2 rings (SSSR count). The van der Waals surface area contributed by atoms with E-state index in [0.29, 0.717) is 0 Å². The maximum Gasteiger partial charge on any atom is 0.314 e. The number of non-ortho nitro benzene ring substituents is 2. The molecule has 0 heterocycles. The third kappa shape index (κ3) is 4.78. The molecule has 28 heavy (non-hydrogen) atoms. The van der Waals surface area contributed by atoms with Gasteiger partial charge in [0.15, 0.2) is 0 Å². The van der Waals surface area contributed by atoms with Crippen molar-refractivity contribution in [3.63, 3.8) is 0 Å². The van der Waals surface area contributed by atoms with Crippen LogP contribution in [-0.4, -0.2) is 21.7 Å². The molecule has 0 saturated heterocycles. The molecule has 0 saturated carbocycles. The summed E-state index contributed by atoms with van der Waals surface area (Å²) in [6.45, 7) is 0. The van der Waals surface area contributed by atoms with E-state index in [4.69, 9.17) is 46.4 Å². The molecular formula is C14H6Cl4N4O6. The number of benzene rings is 2. The highest BCUT2D eigenvalue weighted by Crippen LogP contribution is 2.36. The Kier molecular flexibility index (Phi) is 6.62. The number of nitrogens with one attached hydrogen (secondary N) is 2. The van der Waals surface area contributed by atoms with Gasteiger partial charge in [-0.3, -0.25) is 29.8 Å². The molecule has 0 atom stereocenters. The van der Waals surface area contributed by atoms with Gasteiger partial charge in [-0.25, -0.2) is 0 Å². The number of hydrogen-bond donors (Lipinski definition) is 2. The molecule has 10 nitrogen and oxygen atoms in total. The van der Waals surface area contributed by atoms with Crippen molar-refractivity contribution in [3.05, 3.63) is 64.6 Å². The average molecular weight is 468 g/mol. The summed E-state index contributed by atoms with van der Waals surface area (Å²) in [6, 6.07) is 3.74. The summed E-state index contributed by atoms with van der Waals surface area (Å²) in [5.74, 6) is -2.49. The fourth-order valence-electron chi connectivity index (χ4n) is 1.91. The number of rotatable bonds is 4. The molecule has 0 unspecified atom stereocenters. The van der Waals surface area contributed by atoms with E-state index in [0.717, 1.165) is 24.3 Å². The van der Waals surface area contributed by atoms with Gasteiger partial charge >= 0.3 is 11.8 Å². The largest absolute Gasteiger partial charge is 0.315 e. The van der Waals surface area contributed by atoms with Gasteiger partial charge in [-0.15, -0.1) is 0 Å². The summed E-state index contributed by atoms with van der Waals surface area (Å²) in [7, 11) is 0. The highest BCUT2D eigenvalue weighted by molar-refractivity contribution is 6.48. The fraction of sp³-hybridized carbons (Fsp3) is 0. The summed E-state index contributed by atoms with van der Waals surface area (Å²) in [5, 5.41) is 24.6. The third-order valence-corrected chi connectivity index (χ3v) is 4.35. The van der Waals surface area contributed by atoms with Crippen LogP contribution in [0, 0.1) is 20.2 Å². The molecule has 0 spiro atoms. The van der Waals surface area contributed by atoms with Crippen LogP contribution in [0.5, 0.6) is 0 Å². The van der Waals surface area contributed by atoms with Gasteiger partial charge in [-0.2, -0.15) is 0 Å². The number of anilines is 2. The highest BCUT2D eigenvalue weighted by atomic mass is 35.5. The molecule has 0 bridgehead atoms. The molecule has 14 heteroatoms. The van der Waals surface area contributed by atoms with Gasteiger partial charge in [0, 0.05) is 24.3 Å². The van der Waals surface area contributed by atoms with Crippen LogP contribution in [0.2, 0.25) is 20.1 Å². The zero-order chi connectivity index (χ0) is 21.2. The molecule has 0 radical (unpaired) electrons. The first-order valence-corrected chi connectivity index (χ1v) is 8.41. The minimum atomic E-state index is -1.25. The van der Waals surface area contributed by atoms with Crippen LogP contribution >= 0.6 is 46.4 Å². The quantitative estimate of drug-likeness (QED) is 0.378. The summed E-state index contributed by atoms with van der Waals surface area (Å²) >= 11 is 23.4. The molecule has 0 aromatic heterocycles. The summed E-state index contributed by atoms with van der Waals surface area (Å²) < 4.78 is 0. The highest BCUT2D eigenvalue weighted by Gasteiger charge is 2.23. The van der Waals surface area contributed by atoms with E-state index in [9.17, 15) is 29.8 Å². The van der Waals surface area contributed by atoms with Crippen LogP contribution in [-0.2, 0) is 9.59 Å². The van der Waals surface area contributed by atoms with Crippen LogP contribution in [0.3, 0.4) is 0 Å². The van der Waals surface area contributed by atoms with E-state index in [-0.39, 0.29) is 31.5 Å². The van der Waals surface area contributed by atoms with Crippen molar-refractivity contribution in [2.75, 3.05) is 10.6 Å². The number of amides is 2. The van der Waals surface area contributed by atoms with Crippen molar-refractivity contribution in [1.29, 1.82) is 0 Å². The predicted octanol–water partition coefficient (Wildman–Crippen LogP) is 4.69. The number of hydrogen-bond acceptors (Lipinski definition) is 6. The van der Waals surface area contributed by atoms with Gasteiger partial charge in [0.05, 0.1) is 41.3 Å². The lowest BCUT2D eigenvalue weighted by Crippen LogP contribution is -2.29. The van der Waals surface area contributed by atoms with Gasteiger partial charge in [-0.05, 0) is 0 Å². The third-order valence-electron chi connectivity index (χ3n) is 3.16. The summed E-state index contributed by atoms with van der Waals surface area (Å²) in [5.41, 5.74) is -1.28. The van der Waals surface area contributed by atoms with Crippen LogP contribution in [0.25, 0.3) is 0 Å². The summed E-state index contributed by atoms with van der Waals surface area (Å²) in [6.07, 6.45) is 0. The topological polar surface area (TPSA) is 144 Å². The van der Waals surface area contributed by atoms with E-state index in [1.54, 1.807) is 0 Å². The SMILES string of the molecule is O=C(Nc1c(Cl)cc([N+](=O)[O-])cc1Cl)C(=O)Nc1c(Cl)cc([N+](=O)[O-])cc1Cl.